The zero-order valence-electron chi connectivity index (χ0n) is 10.6. The summed E-state index contributed by atoms with van der Waals surface area (Å²) >= 11 is 0. The molecule has 0 aliphatic rings. The number of hydrogen-bond donors (Lipinski definition) is 0. The molecule has 0 N–H and O–H groups in total. The highest BCUT2D eigenvalue weighted by molar-refractivity contribution is 7.89. The maximum Gasteiger partial charge on any atom is 0.244 e. The highest BCUT2D eigenvalue weighted by Crippen LogP contribution is 2.15. The Morgan fingerprint density at radius 3 is 2.28 bits per heavy atom. The van der Waals surface area contributed by atoms with Gasteiger partial charge in [0.15, 0.2) is 0 Å². The minimum atomic E-state index is -3.49. The summed E-state index contributed by atoms with van der Waals surface area (Å²) < 4.78 is 26.1. The summed E-state index contributed by atoms with van der Waals surface area (Å²) in [6.45, 7) is 4.87. The lowest BCUT2D eigenvalue weighted by Crippen LogP contribution is -2.32. The fraction of sp³-hybridized carbons (Fsp3) is 0.500. The van der Waals surface area contributed by atoms with Crippen LogP contribution in [0.4, 0.5) is 0 Å². The van der Waals surface area contributed by atoms with Gasteiger partial charge in [0.25, 0.3) is 0 Å². The molecule has 0 saturated carbocycles. The van der Waals surface area contributed by atoms with Crippen molar-refractivity contribution in [2.24, 2.45) is 0 Å². The summed E-state index contributed by atoms with van der Waals surface area (Å²) in [4.78, 5) is 3.94. The Balaban J connectivity index is 3.06. The summed E-state index contributed by atoms with van der Waals surface area (Å²) in [5.41, 5.74) is 0.214. The van der Waals surface area contributed by atoms with Crippen molar-refractivity contribution in [2.45, 2.75) is 31.6 Å². The quantitative estimate of drug-likeness (QED) is 0.787. The highest BCUT2D eigenvalue weighted by atomic mass is 32.2. The minimum Gasteiger partial charge on any atom is -0.244 e. The molecule has 1 rings (SSSR count). The second-order valence-corrected chi connectivity index (χ2v) is 5.83. The Kier molecular flexibility index (Phi) is 5.25. The van der Waals surface area contributed by atoms with Gasteiger partial charge in [-0.2, -0.15) is 9.57 Å². The molecule has 0 fully saturated rings. The van der Waals surface area contributed by atoms with Crippen LogP contribution in [0.15, 0.2) is 23.2 Å². The Labute approximate surface area is 108 Å². The van der Waals surface area contributed by atoms with E-state index in [4.69, 9.17) is 5.26 Å². The van der Waals surface area contributed by atoms with Gasteiger partial charge in [-0.15, -0.1) is 0 Å². The molecule has 0 amide bonds. The Hall–Kier alpha value is -1.45. The lowest BCUT2D eigenvalue weighted by molar-refractivity contribution is 0.410. The van der Waals surface area contributed by atoms with E-state index in [0.717, 1.165) is 12.8 Å². The largest absolute Gasteiger partial charge is 0.244 e. The third-order valence-corrected chi connectivity index (χ3v) is 4.32. The van der Waals surface area contributed by atoms with Crippen LogP contribution >= 0.6 is 0 Å². The maximum absolute atomic E-state index is 12.3. The van der Waals surface area contributed by atoms with E-state index in [-0.39, 0.29) is 10.6 Å². The van der Waals surface area contributed by atoms with Gasteiger partial charge in [0, 0.05) is 19.3 Å². The molecule has 0 unspecified atom stereocenters. The molecule has 1 aromatic rings. The molecule has 6 heteroatoms. The summed E-state index contributed by atoms with van der Waals surface area (Å²) in [6.07, 6.45) is 2.78. The molecular formula is C12H17N3O2S. The van der Waals surface area contributed by atoms with Crippen molar-refractivity contribution in [3.05, 3.63) is 24.0 Å². The lowest BCUT2D eigenvalue weighted by Gasteiger charge is -2.20. The van der Waals surface area contributed by atoms with E-state index >= 15 is 0 Å². The van der Waals surface area contributed by atoms with Crippen LogP contribution in [0.5, 0.6) is 0 Å². The average molecular weight is 267 g/mol. The molecule has 0 aliphatic carbocycles. The minimum absolute atomic E-state index is 0.142. The van der Waals surface area contributed by atoms with E-state index in [1.807, 2.05) is 19.9 Å². The molecule has 1 aromatic heterocycles. The first kappa shape index (κ1) is 14.6. The van der Waals surface area contributed by atoms with Gasteiger partial charge in [0.1, 0.15) is 16.7 Å². The molecule has 0 aliphatic heterocycles. The zero-order valence-corrected chi connectivity index (χ0v) is 11.4. The van der Waals surface area contributed by atoms with Crippen LogP contribution in [-0.2, 0) is 10.0 Å². The van der Waals surface area contributed by atoms with Crippen LogP contribution in [-0.4, -0.2) is 30.8 Å². The fourth-order valence-corrected chi connectivity index (χ4v) is 3.17. The zero-order chi connectivity index (χ0) is 13.6. The number of nitriles is 1. The second kappa shape index (κ2) is 6.47. The predicted molar refractivity (Wildman–Crippen MR) is 68.3 cm³/mol. The molecule has 98 valence electrons. The van der Waals surface area contributed by atoms with Crippen molar-refractivity contribution in [3.8, 4) is 6.07 Å². The van der Waals surface area contributed by atoms with Crippen LogP contribution in [0, 0.1) is 11.3 Å². The summed E-state index contributed by atoms with van der Waals surface area (Å²) in [5, 5.41) is 8.64. The van der Waals surface area contributed by atoms with E-state index in [9.17, 15) is 8.42 Å². The number of nitrogens with zero attached hydrogens (tertiary/aromatic N) is 3. The van der Waals surface area contributed by atoms with Gasteiger partial charge in [-0.3, -0.25) is 0 Å². The third kappa shape index (κ3) is 3.28. The van der Waals surface area contributed by atoms with Gasteiger partial charge in [-0.1, -0.05) is 13.8 Å². The highest BCUT2D eigenvalue weighted by Gasteiger charge is 2.23. The number of hydrogen-bond acceptors (Lipinski definition) is 4. The predicted octanol–water partition coefficient (Wildman–Crippen LogP) is 1.76. The smallest absolute Gasteiger partial charge is 0.244 e. The second-order valence-electron chi connectivity index (χ2n) is 3.90. The van der Waals surface area contributed by atoms with E-state index in [1.54, 1.807) is 0 Å². The third-order valence-electron chi connectivity index (χ3n) is 2.43. The van der Waals surface area contributed by atoms with Crippen LogP contribution in [0.25, 0.3) is 0 Å². The topological polar surface area (TPSA) is 74.1 Å². The molecule has 0 saturated heterocycles. The van der Waals surface area contributed by atoms with Gasteiger partial charge in [0.2, 0.25) is 10.0 Å². The lowest BCUT2D eigenvalue weighted by atomic mass is 10.4. The van der Waals surface area contributed by atoms with Gasteiger partial charge < -0.3 is 0 Å². The molecule has 18 heavy (non-hydrogen) atoms. The molecule has 0 spiro atoms. The average Bonchev–Trinajstić information content (AvgIpc) is 2.38. The molecule has 1 heterocycles. The first-order valence-electron chi connectivity index (χ1n) is 5.92. The van der Waals surface area contributed by atoms with Gasteiger partial charge in [-0.05, 0) is 25.0 Å². The van der Waals surface area contributed by atoms with Gasteiger partial charge in [-0.25, -0.2) is 13.4 Å². The molecule has 5 nitrogen and oxygen atoms in total. The van der Waals surface area contributed by atoms with Crippen molar-refractivity contribution in [2.75, 3.05) is 13.1 Å². The summed E-state index contributed by atoms with van der Waals surface area (Å²) in [7, 11) is -3.49. The van der Waals surface area contributed by atoms with Gasteiger partial charge >= 0.3 is 0 Å². The molecular weight excluding hydrogens is 250 g/mol. The number of pyridine rings is 1. The molecule has 0 bridgehead atoms. The Bertz CT molecular complexity index is 511. The normalized spacial score (nSPS) is 11.4. The summed E-state index contributed by atoms with van der Waals surface area (Å²) in [5.74, 6) is 0. The van der Waals surface area contributed by atoms with Gasteiger partial charge in [0.05, 0.1) is 0 Å². The molecule has 0 atom stereocenters. The Morgan fingerprint density at radius 2 is 1.89 bits per heavy atom. The van der Waals surface area contributed by atoms with Crippen molar-refractivity contribution in [1.29, 1.82) is 5.26 Å². The van der Waals surface area contributed by atoms with Crippen molar-refractivity contribution in [1.82, 2.24) is 9.29 Å². The van der Waals surface area contributed by atoms with Crippen molar-refractivity contribution < 1.29 is 8.42 Å². The Morgan fingerprint density at radius 1 is 1.28 bits per heavy atom. The molecule has 0 aromatic carbocycles. The molecule has 0 radical (unpaired) electrons. The first-order chi connectivity index (χ1) is 8.56. The standard InChI is InChI=1S/C12H17N3O2S/c1-3-7-15(8-4-2)18(16,17)12-6-5-11(9-13)14-10-12/h5-6,10H,3-4,7-8H2,1-2H3. The van der Waals surface area contributed by atoms with E-state index in [0.29, 0.717) is 13.1 Å². The van der Waals surface area contributed by atoms with E-state index in [1.165, 1.54) is 22.6 Å². The number of sulfonamides is 1. The van der Waals surface area contributed by atoms with Crippen LogP contribution < -0.4 is 0 Å². The van der Waals surface area contributed by atoms with Crippen molar-refractivity contribution >= 4 is 10.0 Å². The first-order valence-corrected chi connectivity index (χ1v) is 7.36. The van der Waals surface area contributed by atoms with Crippen LogP contribution in [0.1, 0.15) is 32.4 Å². The van der Waals surface area contributed by atoms with Crippen LogP contribution in [0.2, 0.25) is 0 Å². The van der Waals surface area contributed by atoms with E-state index in [2.05, 4.69) is 4.98 Å². The van der Waals surface area contributed by atoms with E-state index < -0.39 is 10.0 Å². The van der Waals surface area contributed by atoms with Crippen LogP contribution in [0.3, 0.4) is 0 Å². The number of aromatic nitrogens is 1. The SMILES string of the molecule is CCCN(CCC)S(=O)(=O)c1ccc(C#N)nc1. The number of rotatable bonds is 6. The maximum atomic E-state index is 12.3. The van der Waals surface area contributed by atoms with Crippen molar-refractivity contribution in [3.63, 3.8) is 0 Å². The monoisotopic (exact) mass is 267 g/mol. The summed E-state index contributed by atoms with van der Waals surface area (Å²) in [6, 6.07) is 4.71. The fourth-order valence-electron chi connectivity index (χ4n) is 1.60.